The molecular formula is C22H26N4O3. The predicted octanol–water partition coefficient (Wildman–Crippen LogP) is 2.15. The van der Waals surface area contributed by atoms with Crippen LogP contribution in [0, 0.1) is 23.2 Å². The first-order chi connectivity index (χ1) is 14.0. The molecule has 1 aromatic heterocycles. The van der Waals surface area contributed by atoms with Crippen molar-refractivity contribution in [3.05, 3.63) is 40.9 Å². The van der Waals surface area contributed by atoms with Gasteiger partial charge in [-0.1, -0.05) is 12.1 Å². The predicted molar refractivity (Wildman–Crippen MR) is 108 cm³/mol. The average Bonchev–Trinajstić information content (AvgIpc) is 2.67. The molecule has 6 rings (SSSR count). The van der Waals surface area contributed by atoms with Gasteiger partial charge < -0.3 is 0 Å². The van der Waals surface area contributed by atoms with Crippen LogP contribution in [0.3, 0.4) is 0 Å². The van der Waals surface area contributed by atoms with Crippen molar-refractivity contribution >= 4 is 22.7 Å². The second kappa shape index (κ2) is 6.97. The van der Waals surface area contributed by atoms with Crippen molar-refractivity contribution in [2.45, 2.75) is 51.5 Å². The number of carbonyl (C=O) groups excluding carboxylic acids is 2. The van der Waals surface area contributed by atoms with Gasteiger partial charge in [0.1, 0.15) is 6.54 Å². The van der Waals surface area contributed by atoms with Crippen LogP contribution < -0.4 is 16.4 Å². The molecule has 29 heavy (non-hydrogen) atoms. The van der Waals surface area contributed by atoms with E-state index in [4.69, 9.17) is 0 Å². The van der Waals surface area contributed by atoms with Crippen LogP contribution in [-0.2, 0) is 16.1 Å². The molecule has 4 saturated carbocycles. The molecule has 0 aliphatic heterocycles. The standard InChI is InChI=1S/C22H26N4O3/c27-19(11-22-8-14-5-15(9-22)7-16(6-14)10-22)24-25-20(28)12-26-13-23-18-4-2-1-3-17(18)21(26)29/h1-4,13-16H,5-12H2,(H,24,27)(H,25,28). The molecule has 7 heteroatoms. The minimum absolute atomic E-state index is 0.128. The minimum Gasteiger partial charge on any atom is -0.289 e. The molecule has 0 radical (unpaired) electrons. The number of nitrogens with one attached hydrogen (secondary N) is 2. The van der Waals surface area contributed by atoms with E-state index in [1.165, 1.54) is 30.2 Å². The Morgan fingerprint density at radius 3 is 2.31 bits per heavy atom. The van der Waals surface area contributed by atoms with E-state index in [-0.39, 0.29) is 23.4 Å². The highest BCUT2D eigenvalue weighted by molar-refractivity contribution is 5.82. The summed E-state index contributed by atoms with van der Waals surface area (Å²) in [6.45, 7) is -0.186. The molecule has 7 nitrogen and oxygen atoms in total. The van der Waals surface area contributed by atoms with Crippen molar-refractivity contribution in [1.29, 1.82) is 0 Å². The number of para-hydroxylation sites is 1. The molecule has 0 saturated heterocycles. The number of carbonyl (C=O) groups is 2. The van der Waals surface area contributed by atoms with Gasteiger partial charge in [-0.25, -0.2) is 4.98 Å². The summed E-state index contributed by atoms with van der Waals surface area (Å²) >= 11 is 0. The molecule has 152 valence electrons. The molecule has 4 aliphatic carbocycles. The largest absolute Gasteiger partial charge is 0.289 e. The Morgan fingerprint density at radius 1 is 1.00 bits per heavy atom. The molecule has 1 heterocycles. The number of rotatable bonds is 4. The Labute approximate surface area is 168 Å². The fourth-order valence-electron chi connectivity index (χ4n) is 6.44. The first kappa shape index (κ1) is 18.3. The van der Waals surface area contributed by atoms with Crippen molar-refractivity contribution in [2.75, 3.05) is 0 Å². The van der Waals surface area contributed by atoms with Gasteiger partial charge in [-0.15, -0.1) is 0 Å². The number of hydrazine groups is 1. The maximum atomic E-state index is 12.5. The van der Waals surface area contributed by atoms with Gasteiger partial charge in [0.25, 0.3) is 11.5 Å². The monoisotopic (exact) mass is 394 g/mol. The van der Waals surface area contributed by atoms with Gasteiger partial charge >= 0.3 is 0 Å². The second-order valence-corrected chi connectivity index (χ2v) is 9.39. The Balaban J connectivity index is 1.18. The van der Waals surface area contributed by atoms with E-state index in [2.05, 4.69) is 15.8 Å². The van der Waals surface area contributed by atoms with Crippen LogP contribution >= 0.6 is 0 Å². The highest BCUT2D eigenvalue weighted by Gasteiger charge is 2.51. The van der Waals surface area contributed by atoms with Gasteiger partial charge in [0, 0.05) is 6.42 Å². The molecule has 4 aliphatic rings. The Morgan fingerprint density at radius 2 is 1.62 bits per heavy atom. The van der Waals surface area contributed by atoms with Crippen LogP contribution in [0.2, 0.25) is 0 Å². The highest BCUT2D eigenvalue weighted by Crippen LogP contribution is 2.61. The lowest BCUT2D eigenvalue weighted by molar-refractivity contribution is -0.134. The molecule has 4 fully saturated rings. The van der Waals surface area contributed by atoms with Crippen LogP contribution in [-0.4, -0.2) is 21.4 Å². The molecular weight excluding hydrogens is 368 g/mol. The summed E-state index contributed by atoms with van der Waals surface area (Å²) in [6.07, 6.45) is 9.32. The molecule has 2 aromatic rings. The Bertz CT molecular complexity index is 993. The molecule has 2 N–H and O–H groups in total. The number of fused-ring (bicyclic) bond motifs is 1. The summed E-state index contributed by atoms with van der Waals surface area (Å²) in [5.74, 6) is 1.79. The zero-order valence-electron chi connectivity index (χ0n) is 16.4. The van der Waals surface area contributed by atoms with Gasteiger partial charge in [-0.05, 0) is 73.8 Å². The van der Waals surface area contributed by atoms with Gasteiger partial charge in [0.2, 0.25) is 5.91 Å². The highest BCUT2D eigenvalue weighted by atomic mass is 16.2. The average molecular weight is 394 g/mol. The Hall–Kier alpha value is -2.70. The smallest absolute Gasteiger partial charge is 0.261 e. The maximum absolute atomic E-state index is 12.5. The zero-order valence-corrected chi connectivity index (χ0v) is 16.4. The molecule has 0 atom stereocenters. The van der Waals surface area contributed by atoms with Crippen LogP contribution in [0.15, 0.2) is 35.4 Å². The second-order valence-electron chi connectivity index (χ2n) is 9.39. The minimum atomic E-state index is -0.442. The van der Waals surface area contributed by atoms with E-state index >= 15 is 0 Å². The summed E-state index contributed by atoms with van der Waals surface area (Å²) in [7, 11) is 0. The first-order valence-electron chi connectivity index (χ1n) is 10.5. The van der Waals surface area contributed by atoms with E-state index in [1.54, 1.807) is 18.2 Å². The maximum Gasteiger partial charge on any atom is 0.261 e. The molecule has 0 unspecified atom stereocenters. The third kappa shape index (κ3) is 3.54. The Kier molecular flexibility index (Phi) is 4.41. The number of benzene rings is 1. The molecule has 4 bridgehead atoms. The fourth-order valence-corrected chi connectivity index (χ4v) is 6.44. The van der Waals surface area contributed by atoms with Gasteiger partial charge in [-0.2, -0.15) is 0 Å². The number of nitrogens with zero attached hydrogens (tertiary/aromatic N) is 2. The van der Waals surface area contributed by atoms with Gasteiger partial charge in [-0.3, -0.25) is 29.8 Å². The van der Waals surface area contributed by atoms with Crippen LogP contribution in [0.1, 0.15) is 44.9 Å². The topological polar surface area (TPSA) is 93.1 Å². The quantitative estimate of drug-likeness (QED) is 0.777. The van der Waals surface area contributed by atoms with Crippen molar-refractivity contribution in [3.63, 3.8) is 0 Å². The van der Waals surface area contributed by atoms with Crippen LogP contribution in [0.4, 0.5) is 0 Å². The fraction of sp³-hybridized carbons (Fsp3) is 0.545. The molecule has 1 aromatic carbocycles. The van der Waals surface area contributed by atoms with Crippen molar-refractivity contribution in [3.8, 4) is 0 Å². The number of amides is 2. The summed E-state index contributed by atoms with van der Waals surface area (Å²) in [4.78, 5) is 41.5. The van der Waals surface area contributed by atoms with Gasteiger partial charge in [0.15, 0.2) is 0 Å². The summed E-state index contributed by atoms with van der Waals surface area (Å²) in [6, 6.07) is 7.02. The zero-order chi connectivity index (χ0) is 20.0. The summed E-state index contributed by atoms with van der Waals surface area (Å²) in [5, 5.41) is 0.466. The molecule has 2 amide bonds. The molecule has 0 spiro atoms. The van der Waals surface area contributed by atoms with E-state index in [0.29, 0.717) is 17.3 Å². The third-order valence-corrected chi connectivity index (χ3v) is 7.09. The van der Waals surface area contributed by atoms with E-state index in [0.717, 1.165) is 37.0 Å². The van der Waals surface area contributed by atoms with Crippen LogP contribution in [0.5, 0.6) is 0 Å². The van der Waals surface area contributed by atoms with Crippen molar-refractivity contribution in [2.24, 2.45) is 23.2 Å². The van der Waals surface area contributed by atoms with E-state index < -0.39 is 5.91 Å². The lowest BCUT2D eigenvalue weighted by Crippen LogP contribution is -2.50. The lowest BCUT2D eigenvalue weighted by atomic mass is 9.49. The number of hydrogen-bond acceptors (Lipinski definition) is 4. The lowest BCUT2D eigenvalue weighted by Gasteiger charge is -2.56. The summed E-state index contributed by atoms with van der Waals surface area (Å²) < 4.78 is 1.25. The van der Waals surface area contributed by atoms with Crippen molar-refractivity contribution in [1.82, 2.24) is 20.4 Å². The normalized spacial score (nSPS) is 29.7. The first-order valence-corrected chi connectivity index (χ1v) is 10.5. The number of hydrogen-bond donors (Lipinski definition) is 2. The third-order valence-electron chi connectivity index (χ3n) is 7.09. The van der Waals surface area contributed by atoms with Gasteiger partial charge in [0.05, 0.1) is 17.2 Å². The van der Waals surface area contributed by atoms with E-state index in [9.17, 15) is 14.4 Å². The number of aromatic nitrogens is 2. The summed E-state index contributed by atoms with van der Waals surface area (Å²) in [5.41, 5.74) is 5.47. The SMILES string of the molecule is O=C(Cn1cnc2ccccc2c1=O)NNC(=O)CC12CC3CC(CC(C3)C1)C2. The van der Waals surface area contributed by atoms with Crippen LogP contribution in [0.25, 0.3) is 10.9 Å². The van der Waals surface area contributed by atoms with E-state index in [1.807, 2.05) is 6.07 Å². The van der Waals surface area contributed by atoms with Crippen molar-refractivity contribution < 1.29 is 9.59 Å².